The standard InChI is InChI=1S/C15H21NO4S/c1-10(2)9-14(15(17)18)16-21(19,20)13-7-5-12(6-8-13)11-3-4-11/h5-8,10-11,14,16H,3-4,9H2,1-2H3,(H,17,18). The van der Waals surface area contributed by atoms with E-state index in [4.69, 9.17) is 5.11 Å². The molecule has 1 saturated carbocycles. The van der Waals surface area contributed by atoms with Crippen LogP contribution in [0.3, 0.4) is 0 Å². The molecule has 0 bridgehead atoms. The van der Waals surface area contributed by atoms with Gasteiger partial charge in [-0.1, -0.05) is 26.0 Å². The van der Waals surface area contributed by atoms with Crippen molar-refractivity contribution >= 4 is 16.0 Å². The van der Waals surface area contributed by atoms with Gasteiger partial charge in [0.2, 0.25) is 10.0 Å². The smallest absolute Gasteiger partial charge is 0.321 e. The lowest BCUT2D eigenvalue weighted by molar-refractivity contribution is -0.139. The fourth-order valence-electron chi connectivity index (χ4n) is 2.26. The second-order valence-corrected chi connectivity index (χ2v) is 7.70. The van der Waals surface area contributed by atoms with Crippen LogP contribution in [-0.4, -0.2) is 25.5 Å². The van der Waals surface area contributed by atoms with E-state index in [0.29, 0.717) is 5.92 Å². The molecule has 0 aliphatic heterocycles. The van der Waals surface area contributed by atoms with Crippen LogP contribution in [0, 0.1) is 5.92 Å². The molecule has 1 aliphatic carbocycles. The van der Waals surface area contributed by atoms with Crippen molar-refractivity contribution in [2.75, 3.05) is 0 Å². The van der Waals surface area contributed by atoms with Gasteiger partial charge < -0.3 is 5.11 Å². The molecule has 0 amide bonds. The van der Waals surface area contributed by atoms with Crippen molar-refractivity contribution in [1.29, 1.82) is 0 Å². The van der Waals surface area contributed by atoms with Gasteiger partial charge in [0.1, 0.15) is 6.04 Å². The number of carboxylic acid groups (broad SMARTS) is 1. The first-order valence-corrected chi connectivity index (χ1v) is 8.63. The lowest BCUT2D eigenvalue weighted by Crippen LogP contribution is -2.41. The summed E-state index contributed by atoms with van der Waals surface area (Å²) in [6.07, 6.45) is 2.56. The van der Waals surface area contributed by atoms with Gasteiger partial charge in [-0.05, 0) is 48.8 Å². The Balaban J connectivity index is 2.13. The average Bonchev–Trinajstić information content (AvgIpc) is 3.21. The molecule has 2 rings (SSSR count). The van der Waals surface area contributed by atoms with Crippen LogP contribution in [0.5, 0.6) is 0 Å². The lowest BCUT2D eigenvalue weighted by atomic mass is 10.1. The Morgan fingerprint density at radius 2 is 1.86 bits per heavy atom. The average molecular weight is 311 g/mol. The van der Waals surface area contributed by atoms with Crippen LogP contribution in [0.25, 0.3) is 0 Å². The van der Waals surface area contributed by atoms with E-state index in [-0.39, 0.29) is 17.2 Å². The van der Waals surface area contributed by atoms with E-state index >= 15 is 0 Å². The maximum absolute atomic E-state index is 12.3. The molecule has 6 heteroatoms. The maximum Gasteiger partial charge on any atom is 0.321 e. The van der Waals surface area contributed by atoms with E-state index in [1.165, 1.54) is 0 Å². The van der Waals surface area contributed by atoms with Crippen LogP contribution in [-0.2, 0) is 14.8 Å². The first-order valence-electron chi connectivity index (χ1n) is 7.14. The minimum absolute atomic E-state index is 0.0889. The predicted molar refractivity (Wildman–Crippen MR) is 79.6 cm³/mol. The summed E-state index contributed by atoms with van der Waals surface area (Å²) in [5.41, 5.74) is 1.14. The highest BCUT2D eigenvalue weighted by Gasteiger charge is 2.27. The van der Waals surface area contributed by atoms with Crippen LogP contribution < -0.4 is 4.72 Å². The summed E-state index contributed by atoms with van der Waals surface area (Å²) >= 11 is 0. The SMILES string of the molecule is CC(C)CC(NS(=O)(=O)c1ccc(C2CC2)cc1)C(=O)O. The van der Waals surface area contributed by atoms with Gasteiger partial charge in [-0.25, -0.2) is 8.42 Å². The quantitative estimate of drug-likeness (QED) is 0.809. The summed E-state index contributed by atoms with van der Waals surface area (Å²) in [4.78, 5) is 11.3. The maximum atomic E-state index is 12.3. The van der Waals surface area contributed by atoms with Gasteiger partial charge in [-0.3, -0.25) is 4.79 Å². The Hall–Kier alpha value is -1.40. The lowest BCUT2D eigenvalue weighted by Gasteiger charge is -2.16. The molecule has 2 N–H and O–H groups in total. The van der Waals surface area contributed by atoms with E-state index in [2.05, 4.69) is 4.72 Å². The second-order valence-electron chi connectivity index (χ2n) is 5.98. The van der Waals surface area contributed by atoms with E-state index < -0.39 is 22.0 Å². The molecular formula is C15H21NO4S. The summed E-state index contributed by atoms with van der Waals surface area (Å²) < 4.78 is 26.8. The molecule has 0 spiro atoms. The minimum atomic E-state index is -3.80. The molecule has 1 atom stereocenters. The topological polar surface area (TPSA) is 83.5 Å². The van der Waals surface area contributed by atoms with E-state index in [9.17, 15) is 13.2 Å². The van der Waals surface area contributed by atoms with E-state index in [0.717, 1.165) is 18.4 Å². The largest absolute Gasteiger partial charge is 0.480 e. The molecule has 1 aromatic rings. The third-order valence-electron chi connectivity index (χ3n) is 3.54. The summed E-state index contributed by atoms with van der Waals surface area (Å²) in [6, 6.07) is 5.61. The fourth-order valence-corrected chi connectivity index (χ4v) is 3.46. The molecule has 0 heterocycles. The summed E-state index contributed by atoms with van der Waals surface area (Å²) in [7, 11) is -3.80. The molecule has 116 valence electrons. The molecule has 21 heavy (non-hydrogen) atoms. The second kappa shape index (κ2) is 6.15. The van der Waals surface area contributed by atoms with Crippen molar-refractivity contribution < 1.29 is 18.3 Å². The Bertz CT molecular complexity index is 603. The zero-order valence-corrected chi connectivity index (χ0v) is 13.1. The van der Waals surface area contributed by atoms with Gasteiger partial charge in [-0.15, -0.1) is 0 Å². The summed E-state index contributed by atoms with van der Waals surface area (Å²) in [6.45, 7) is 3.71. The molecule has 5 nitrogen and oxygen atoms in total. The van der Waals surface area contributed by atoms with Crippen LogP contribution >= 0.6 is 0 Å². The van der Waals surface area contributed by atoms with Crippen LogP contribution in [0.15, 0.2) is 29.2 Å². The number of hydrogen-bond acceptors (Lipinski definition) is 3. The van der Waals surface area contributed by atoms with Crippen molar-refractivity contribution in [2.24, 2.45) is 5.92 Å². The number of nitrogens with one attached hydrogen (secondary N) is 1. The van der Waals surface area contributed by atoms with E-state index in [1.54, 1.807) is 12.1 Å². The normalized spacial score (nSPS) is 16.9. The number of rotatable bonds is 7. The van der Waals surface area contributed by atoms with Gasteiger partial charge in [0.15, 0.2) is 0 Å². The van der Waals surface area contributed by atoms with Crippen molar-refractivity contribution in [3.63, 3.8) is 0 Å². The highest BCUT2D eigenvalue weighted by molar-refractivity contribution is 7.89. The van der Waals surface area contributed by atoms with Gasteiger partial charge in [0.25, 0.3) is 0 Å². The van der Waals surface area contributed by atoms with Crippen LogP contribution in [0.4, 0.5) is 0 Å². The molecule has 1 aliphatic rings. The van der Waals surface area contributed by atoms with Gasteiger partial charge in [-0.2, -0.15) is 4.72 Å². The molecule has 0 saturated heterocycles. The number of benzene rings is 1. The summed E-state index contributed by atoms with van der Waals surface area (Å²) in [5.74, 6) is -0.504. The zero-order chi connectivity index (χ0) is 15.6. The van der Waals surface area contributed by atoms with E-state index in [1.807, 2.05) is 26.0 Å². The molecule has 1 unspecified atom stereocenters. The highest BCUT2D eigenvalue weighted by Crippen LogP contribution is 2.40. The first-order chi connectivity index (χ1) is 9.79. The monoisotopic (exact) mass is 311 g/mol. The fraction of sp³-hybridized carbons (Fsp3) is 0.533. The zero-order valence-electron chi connectivity index (χ0n) is 12.2. The Morgan fingerprint density at radius 1 is 1.29 bits per heavy atom. The molecule has 0 radical (unpaired) electrons. The van der Waals surface area contributed by atoms with Crippen LogP contribution in [0.2, 0.25) is 0 Å². The third-order valence-corrected chi connectivity index (χ3v) is 5.03. The Morgan fingerprint density at radius 3 is 2.29 bits per heavy atom. The number of carbonyl (C=O) groups is 1. The first kappa shape index (κ1) is 16.0. The number of carboxylic acids is 1. The van der Waals surface area contributed by atoms with Crippen LogP contribution in [0.1, 0.15) is 44.6 Å². The molecule has 0 aromatic heterocycles. The van der Waals surface area contributed by atoms with Crippen molar-refractivity contribution in [3.05, 3.63) is 29.8 Å². The third kappa shape index (κ3) is 4.28. The van der Waals surface area contributed by atoms with Crippen molar-refractivity contribution in [2.45, 2.75) is 50.0 Å². The van der Waals surface area contributed by atoms with Crippen molar-refractivity contribution in [3.8, 4) is 0 Å². The van der Waals surface area contributed by atoms with Gasteiger partial charge in [0, 0.05) is 0 Å². The number of hydrogen-bond donors (Lipinski definition) is 2. The highest BCUT2D eigenvalue weighted by atomic mass is 32.2. The summed E-state index contributed by atoms with van der Waals surface area (Å²) in [5, 5.41) is 9.13. The minimum Gasteiger partial charge on any atom is -0.480 e. The number of aliphatic carboxylic acids is 1. The molecular weight excluding hydrogens is 290 g/mol. The van der Waals surface area contributed by atoms with Gasteiger partial charge >= 0.3 is 5.97 Å². The van der Waals surface area contributed by atoms with Crippen molar-refractivity contribution in [1.82, 2.24) is 4.72 Å². The Kier molecular flexibility index (Phi) is 4.68. The molecule has 1 aromatic carbocycles. The van der Waals surface area contributed by atoms with Gasteiger partial charge in [0.05, 0.1) is 4.90 Å². The predicted octanol–water partition coefficient (Wildman–Crippen LogP) is 2.34. The molecule has 1 fully saturated rings. The Labute approximate surface area is 125 Å². The number of sulfonamides is 1.